The van der Waals surface area contributed by atoms with E-state index in [9.17, 15) is 4.79 Å². The fourth-order valence-electron chi connectivity index (χ4n) is 3.52. The summed E-state index contributed by atoms with van der Waals surface area (Å²) in [6, 6.07) is 1.40. The van der Waals surface area contributed by atoms with Gasteiger partial charge in [0.1, 0.15) is 0 Å². The molecule has 1 aliphatic heterocycles. The van der Waals surface area contributed by atoms with Crippen LogP contribution >= 0.6 is 0 Å². The molecule has 1 heterocycles. The minimum Gasteiger partial charge on any atom is -0.352 e. The standard InChI is InChI=1S/C17H33N3O/c1-13(2)20(11-16-5-4-10-18-16)12-17(21)19-15-8-6-14(3)7-9-15/h13-16,18H,4-12H2,1-3H3,(H,19,21). The molecule has 1 saturated carbocycles. The van der Waals surface area contributed by atoms with Crippen molar-refractivity contribution in [2.75, 3.05) is 19.6 Å². The van der Waals surface area contributed by atoms with Crippen molar-refractivity contribution in [3.05, 3.63) is 0 Å². The molecule has 2 N–H and O–H groups in total. The minimum absolute atomic E-state index is 0.209. The molecule has 1 unspecified atom stereocenters. The van der Waals surface area contributed by atoms with Crippen LogP contribution in [0.4, 0.5) is 0 Å². The van der Waals surface area contributed by atoms with Gasteiger partial charge in [-0.3, -0.25) is 9.69 Å². The Hall–Kier alpha value is -0.610. The van der Waals surface area contributed by atoms with E-state index < -0.39 is 0 Å². The molecule has 4 heteroatoms. The molecule has 4 nitrogen and oxygen atoms in total. The number of amides is 1. The highest BCUT2D eigenvalue weighted by atomic mass is 16.2. The summed E-state index contributed by atoms with van der Waals surface area (Å²) in [7, 11) is 0. The predicted molar refractivity (Wildman–Crippen MR) is 87.3 cm³/mol. The first-order valence-corrected chi connectivity index (χ1v) is 8.81. The van der Waals surface area contributed by atoms with E-state index in [1.54, 1.807) is 0 Å². The molecule has 2 fully saturated rings. The van der Waals surface area contributed by atoms with Crippen molar-refractivity contribution in [2.24, 2.45) is 5.92 Å². The van der Waals surface area contributed by atoms with E-state index in [0.29, 0.717) is 24.7 Å². The molecule has 0 spiro atoms. The van der Waals surface area contributed by atoms with Gasteiger partial charge in [0.15, 0.2) is 0 Å². The third-order valence-corrected chi connectivity index (χ3v) is 5.08. The lowest BCUT2D eigenvalue weighted by Gasteiger charge is -2.31. The fourth-order valence-corrected chi connectivity index (χ4v) is 3.52. The average Bonchev–Trinajstić information content (AvgIpc) is 2.93. The molecule has 21 heavy (non-hydrogen) atoms. The molecule has 0 radical (unpaired) electrons. The summed E-state index contributed by atoms with van der Waals surface area (Å²) < 4.78 is 0. The number of nitrogens with one attached hydrogen (secondary N) is 2. The van der Waals surface area contributed by atoms with Crippen LogP contribution in [0.1, 0.15) is 59.3 Å². The molecule has 0 bridgehead atoms. The maximum Gasteiger partial charge on any atom is 0.234 e. The summed E-state index contributed by atoms with van der Waals surface area (Å²) in [5.41, 5.74) is 0. The first-order chi connectivity index (χ1) is 10.0. The molecule has 1 saturated heterocycles. The maximum atomic E-state index is 12.3. The van der Waals surface area contributed by atoms with Gasteiger partial charge in [-0.1, -0.05) is 6.92 Å². The molecule has 0 aromatic rings. The Morgan fingerprint density at radius 2 is 1.95 bits per heavy atom. The lowest BCUT2D eigenvalue weighted by molar-refractivity contribution is -0.123. The predicted octanol–water partition coefficient (Wildman–Crippen LogP) is 2.14. The summed E-state index contributed by atoms with van der Waals surface area (Å²) in [5, 5.41) is 6.78. The molecule has 122 valence electrons. The highest BCUT2D eigenvalue weighted by Gasteiger charge is 2.24. The average molecular weight is 295 g/mol. The lowest BCUT2D eigenvalue weighted by Crippen LogP contribution is -2.48. The maximum absolute atomic E-state index is 12.3. The normalized spacial score (nSPS) is 30.0. The summed E-state index contributed by atoms with van der Waals surface area (Å²) >= 11 is 0. The van der Waals surface area contributed by atoms with Crippen LogP contribution in [0.5, 0.6) is 0 Å². The van der Waals surface area contributed by atoms with Crippen molar-refractivity contribution in [3.63, 3.8) is 0 Å². The lowest BCUT2D eigenvalue weighted by atomic mass is 9.87. The number of carbonyl (C=O) groups excluding carboxylic acids is 1. The van der Waals surface area contributed by atoms with Gasteiger partial charge >= 0.3 is 0 Å². The van der Waals surface area contributed by atoms with E-state index in [1.165, 1.54) is 25.7 Å². The largest absolute Gasteiger partial charge is 0.352 e. The third kappa shape index (κ3) is 5.59. The molecule has 2 rings (SSSR count). The fraction of sp³-hybridized carbons (Fsp3) is 0.941. The first kappa shape index (κ1) is 16.8. The second kappa shape index (κ2) is 8.14. The summed E-state index contributed by atoms with van der Waals surface area (Å²) in [6.07, 6.45) is 7.32. The van der Waals surface area contributed by atoms with Crippen LogP contribution in [-0.4, -0.2) is 48.6 Å². The minimum atomic E-state index is 0.209. The second-order valence-corrected chi connectivity index (χ2v) is 7.34. The molecular formula is C17H33N3O. The van der Waals surface area contributed by atoms with Gasteiger partial charge in [-0.05, 0) is 64.8 Å². The Labute approximate surface area is 130 Å². The van der Waals surface area contributed by atoms with Gasteiger partial charge in [0, 0.05) is 24.7 Å². The number of hydrogen-bond donors (Lipinski definition) is 2. The van der Waals surface area contributed by atoms with Crippen LogP contribution in [0.3, 0.4) is 0 Å². The number of hydrogen-bond acceptors (Lipinski definition) is 3. The first-order valence-electron chi connectivity index (χ1n) is 8.81. The smallest absolute Gasteiger partial charge is 0.234 e. The van der Waals surface area contributed by atoms with Crippen LogP contribution in [0.25, 0.3) is 0 Å². The Balaban J connectivity index is 1.75. The Morgan fingerprint density at radius 3 is 2.52 bits per heavy atom. The molecule has 1 atom stereocenters. The van der Waals surface area contributed by atoms with E-state index >= 15 is 0 Å². The molecule has 2 aliphatic rings. The van der Waals surface area contributed by atoms with Gasteiger partial charge in [0.25, 0.3) is 0 Å². The van der Waals surface area contributed by atoms with Crippen molar-refractivity contribution in [1.82, 2.24) is 15.5 Å². The van der Waals surface area contributed by atoms with Crippen molar-refractivity contribution in [3.8, 4) is 0 Å². The van der Waals surface area contributed by atoms with Gasteiger partial charge in [0.2, 0.25) is 5.91 Å². The quantitative estimate of drug-likeness (QED) is 0.789. The van der Waals surface area contributed by atoms with E-state index in [0.717, 1.165) is 31.8 Å². The summed E-state index contributed by atoms with van der Waals surface area (Å²) in [6.45, 7) is 9.35. The summed E-state index contributed by atoms with van der Waals surface area (Å²) in [5.74, 6) is 1.04. The summed E-state index contributed by atoms with van der Waals surface area (Å²) in [4.78, 5) is 14.6. The zero-order valence-corrected chi connectivity index (χ0v) is 14.0. The molecular weight excluding hydrogens is 262 g/mol. The molecule has 0 aromatic heterocycles. The van der Waals surface area contributed by atoms with Gasteiger partial charge in [-0.15, -0.1) is 0 Å². The van der Waals surface area contributed by atoms with E-state index in [2.05, 4.69) is 36.3 Å². The number of nitrogens with zero attached hydrogens (tertiary/aromatic N) is 1. The van der Waals surface area contributed by atoms with Crippen molar-refractivity contribution in [1.29, 1.82) is 0 Å². The van der Waals surface area contributed by atoms with Gasteiger partial charge in [-0.2, -0.15) is 0 Å². The van der Waals surface area contributed by atoms with E-state index in [-0.39, 0.29) is 5.91 Å². The number of carbonyl (C=O) groups is 1. The monoisotopic (exact) mass is 295 g/mol. The van der Waals surface area contributed by atoms with Gasteiger partial charge in [-0.25, -0.2) is 0 Å². The zero-order chi connectivity index (χ0) is 15.2. The zero-order valence-electron chi connectivity index (χ0n) is 14.0. The molecule has 0 aromatic carbocycles. The Bertz CT molecular complexity index is 318. The van der Waals surface area contributed by atoms with Crippen molar-refractivity contribution in [2.45, 2.75) is 77.4 Å². The highest BCUT2D eigenvalue weighted by Crippen LogP contribution is 2.23. The Kier molecular flexibility index (Phi) is 6.49. The van der Waals surface area contributed by atoms with E-state index in [1.807, 2.05) is 0 Å². The molecule has 1 aliphatic carbocycles. The highest BCUT2D eigenvalue weighted by molar-refractivity contribution is 5.78. The van der Waals surface area contributed by atoms with Crippen LogP contribution in [0, 0.1) is 5.92 Å². The third-order valence-electron chi connectivity index (χ3n) is 5.08. The van der Waals surface area contributed by atoms with Crippen molar-refractivity contribution < 1.29 is 4.79 Å². The number of rotatable bonds is 6. The molecule has 1 amide bonds. The van der Waals surface area contributed by atoms with Crippen LogP contribution in [-0.2, 0) is 4.79 Å². The van der Waals surface area contributed by atoms with Crippen LogP contribution < -0.4 is 10.6 Å². The Morgan fingerprint density at radius 1 is 1.24 bits per heavy atom. The van der Waals surface area contributed by atoms with Gasteiger partial charge in [0.05, 0.1) is 6.54 Å². The van der Waals surface area contributed by atoms with E-state index in [4.69, 9.17) is 0 Å². The topological polar surface area (TPSA) is 44.4 Å². The van der Waals surface area contributed by atoms with Gasteiger partial charge < -0.3 is 10.6 Å². The SMILES string of the molecule is CC1CCC(NC(=O)CN(CC2CCCN2)C(C)C)CC1. The van der Waals surface area contributed by atoms with Crippen LogP contribution in [0.15, 0.2) is 0 Å². The second-order valence-electron chi connectivity index (χ2n) is 7.34. The van der Waals surface area contributed by atoms with Crippen molar-refractivity contribution >= 4 is 5.91 Å². The van der Waals surface area contributed by atoms with Crippen LogP contribution in [0.2, 0.25) is 0 Å².